The molecule has 0 unspecified atom stereocenters. The zero-order chi connectivity index (χ0) is 13.3. The first kappa shape index (κ1) is 13.4. The Labute approximate surface area is 116 Å². The third kappa shape index (κ3) is 3.03. The number of benzene rings is 1. The van der Waals surface area contributed by atoms with Gasteiger partial charge in [0.2, 0.25) is 5.91 Å². The van der Waals surface area contributed by atoms with Crippen LogP contribution in [0.5, 0.6) is 0 Å². The van der Waals surface area contributed by atoms with Gasteiger partial charge < -0.3 is 16.0 Å². The van der Waals surface area contributed by atoms with Crippen LogP contribution in [0.4, 0.5) is 11.4 Å². The number of hydrogen-bond acceptors (Lipinski definition) is 3. The van der Waals surface area contributed by atoms with Gasteiger partial charge in [0.1, 0.15) is 0 Å². The number of amides is 1. The minimum atomic E-state index is -0.263. The van der Waals surface area contributed by atoms with E-state index in [1.807, 2.05) is 36.9 Å². The summed E-state index contributed by atoms with van der Waals surface area (Å²) >= 11 is 3.43. The zero-order valence-electron chi connectivity index (χ0n) is 10.7. The fourth-order valence-electron chi connectivity index (χ4n) is 1.93. The lowest BCUT2D eigenvalue weighted by Crippen LogP contribution is -2.44. The number of carbonyl (C=O) groups is 1. The second kappa shape index (κ2) is 4.90. The summed E-state index contributed by atoms with van der Waals surface area (Å²) in [6.45, 7) is 4.94. The topological polar surface area (TPSA) is 58.4 Å². The van der Waals surface area contributed by atoms with E-state index in [-0.39, 0.29) is 11.4 Å². The largest absolute Gasteiger partial charge is 0.374 e. The Morgan fingerprint density at radius 1 is 1.50 bits per heavy atom. The number of nitrogens with one attached hydrogen (secondary N) is 1. The molecule has 5 heteroatoms. The molecule has 1 amide bonds. The van der Waals surface area contributed by atoms with Crippen LogP contribution in [0.15, 0.2) is 22.7 Å². The first-order valence-corrected chi connectivity index (χ1v) is 6.79. The number of halogens is 1. The predicted molar refractivity (Wildman–Crippen MR) is 77.9 cm³/mol. The highest BCUT2D eigenvalue weighted by Crippen LogP contribution is 2.32. The lowest BCUT2D eigenvalue weighted by Gasteiger charge is -2.32. The fourth-order valence-corrected chi connectivity index (χ4v) is 2.29. The van der Waals surface area contributed by atoms with Crippen LogP contribution < -0.4 is 16.0 Å². The molecule has 1 aliphatic rings. The second-order valence-electron chi connectivity index (χ2n) is 5.30. The maximum atomic E-state index is 12.0. The SMILES string of the molecule is CC(C)(N)CCN1C(=O)CNc2cc(Br)ccc21. The van der Waals surface area contributed by atoms with Crippen molar-refractivity contribution >= 4 is 33.2 Å². The van der Waals surface area contributed by atoms with Crippen molar-refractivity contribution in [3.8, 4) is 0 Å². The van der Waals surface area contributed by atoms with E-state index in [9.17, 15) is 4.79 Å². The first-order valence-electron chi connectivity index (χ1n) is 5.99. The van der Waals surface area contributed by atoms with Crippen LogP contribution in [0.1, 0.15) is 20.3 Å². The lowest BCUT2D eigenvalue weighted by molar-refractivity contribution is -0.117. The Hall–Kier alpha value is -1.07. The van der Waals surface area contributed by atoms with Crippen molar-refractivity contribution in [1.82, 2.24) is 0 Å². The number of carbonyl (C=O) groups excluding carboxylic acids is 1. The van der Waals surface area contributed by atoms with Crippen LogP contribution in [0, 0.1) is 0 Å². The van der Waals surface area contributed by atoms with Crippen LogP contribution in [-0.4, -0.2) is 24.5 Å². The van der Waals surface area contributed by atoms with Gasteiger partial charge in [-0.3, -0.25) is 4.79 Å². The van der Waals surface area contributed by atoms with E-state index in [0.29, 0.717) is 13.1 Å². The molecular formula is C13H18BrN3O. The van der Waals surface area contributed by atoms with Gasteiger partial charge in [-0.1, -0.05) is 15.9 Å². The van der Waals surface area contributed by atoms with E-state index in [4.69, 9.17) is 5.73 Å². The van der Waals surface area contributed by atoms with Crippen LogP contribution in [0.25, 0.3) is 0 Å². The number of nitrogens with two attached hydrogens (primary N) is 1. The highest BCUT2D eigenvalue weighted by atomic mass is 79.9. The van der Waals surface area contributed by atoms with Crippen LogP contribution >= 0.6 is 15.9 Å². The molecule has 3 N–H and O–H groups in total. The molecular weight excluding hydrogens is 294 g/mol. The highest BCUT2D eigenvalue weighted by Gasteiger charge is 2.25. The van der Waals surface area contributed by atoms with Gasteiger partial charge in [-0.2, -0.15) is 0 Å². The van der Waals surface area contributed by atoms with Crippen molar-refractivity contribution in [1.29, 1.82) is 0 Å². The third-order valence-electron chi connectivity index (χ3n) is 2.96. The van der Waals surface area contributed by atoms with Gasteiger partial charge in [0.05, 0.1) is 17.9 Å². The monoisotopic (exact) mass is 311 g/mol. The van der Waals surface area contributed by atoms with Crippen molar-refractivity contribution < 1.29 is 4.79 Å². The van der Waals surface area contributed by atoms with Gasteiger partial charge in [-0.25, -0.2) is 0 Å². The molecule has 2 rings (SSSR count). The maximum Gasteiger partial charge on any atom is 0.246 e. The van der Waals surface area contributed by atoms with E-state index in [0.717, 1.165) is 22.3 Å². The Morgan fingerprint density at radius 3 is 2.89 bits per heavy atom. The summed E-state index contributed by atoms with van der Waals surface area (Å²) in [4.78, 5) is 13.8. The van der Waals surface area contributed by atoms with Gasteiger partial charge in [-0.05, 0) is 38.5 Å². The molecule has 0 bridgehead atoms. The average Bonchev–Trinajstić information content (AvgIpc) is 2.26. The summed E-state index contributed by atoms with van der Waals surface area (Å²) in [6, 6.07) is 5.88. The summed E-state index contributed by atoms with van der Waals surface area (Å²) in [6.07, 6.45) is 0.772. The minimum Gasteiger partial charge on any atom is -0.374 e. The minimum absolute atomic E-state index is 0.0917. The molecule has 0 atom stereocenters. The van der Waals surface area contributed by atoms with E-state index in [2.05, 4.69) is 21.2 Å². The Morgan fingerprint density at radius 2 is 2.22 bits per heavy atom. The van der Waals surface area contributed by atoms with Crippen LogP contribution in [0.2, 0.25) is 0 Å². The molecule has 1 heterocycles. The fraction of sp³-hybridized carbons (Fsp3) is 0.462. The smallest absolute Gasteiger partial charge is 0.246 e. The van der Waals surface area contributed by atoms with Gasteiger partial charge in [0.15, 0.2) is 0 Å². The van der Waals surface area contributed by atoms with Crippen molar-refractivity contribution in [2.45, 2.75) is 25.8 Å². The lowest BCUT2D eigenvalue weighted by atomic mass is 10.0. The molecule has 1 aromatic carbocycles. The molecule has 0 spiro atoms. The molecule has 18 heavy (non-hydrogen) atoms. The molecule has 98 valence electrons. The summed E-state index contributed by atoms with van der Waals surface area (Å²) in [5.74, 6) is 0.0917. The van der Waals surface area contributed by atoms with Crippen LogP contribution in [0.3, 0.4) is 0 Å². The van der Waals surface area contributed by atoms with Gasteiger partial charge in [-0.15, -0.1) is 0 Å². The first-order chi connectivity index (χ1) is 8.37. The number of rotatable bonds is 3. The summed E-state index contributed by atoms with van der Waals surface area (Å²) in [7, 11) is 0. The predicted octanol–water partition coefficient (Wildman–Crippen LogP) is 2.33. The number of anilines is 2. The Kier molecular flexibility index (Phi) is 3.64. The number of fused-ring (bicyclic) bond motifs is 1. The van der Waals surface area contributed by atoms with Crippen molar-refractivity contribution in [3.63, 3.8) is 0 Å². The summed E-state index contributed by atoms with van der Waals surface area (Å²) in [5.41, 5.74) is 7.63. The average molecular weight is 312 g/mol. The Balaban J connectivity index is 2.23. The third-order valence-corrected chi connectivity index (χ3v) is 3.45. The molecule has 4 nitrogen and oxygen atoms in total. The normalized spacial score (nSPS) is 15.3. The second-order valence-corrected chi connectivity index (χ2v) is 6.21. The molecule has 0 radical (unpaired) electrons. The number of hydrogen-bond donors (Lipinski definition) is 2. The summed E-state index contributed by atoms with van der Waals surface area (Å²) in [5, 5.41) is 3.13. The van der Waals surface area contributed by atoms with E-state index in [1.54, 1.807) is 0 Å². The summed E-state index contributed by atoms with van der Waals surface area (Å²) < 4.78 is 1.00. The molecule has 0 saturated carbocycles. The molecule has 1 aromatic rings. The zero-order valence-corrected chi connectivity index (χ0v) is 12.3. The standard InChI is InChI=1S/C13H18BrN3O/c1-13(2,15)5-6-17-11-4-3-9(14)7-10(11)16-8-12(17)18/h3-4,7,16H,5-6,8,15H2,1-2H3. The van der Waals surface area contributed by atoms with E-state index < -0.39 is 0 Å². The van der Waals surface area contributed by atoms with Crippen molar-refractivity contribution in [2.24, 2.45) is 5.73 Å². The quantitative estimate of drug-likeness (QED) is 0.900. The van der Waals surface area contributed by atoms with Gasteiger partial charge in [0, 0.05) is 16.6 Å². The maximum absolute atomic E-state index is 12.0. The van der Waals surface area contributed by atoms with Crippen molar-refractivity contribution in [3.05, 3.63) is 22.7 Å². The number of nitrogens with zero attached hydrogens (tertiary/aromatic N) is 1. The molecule has 0 saturated heterocycles. The Bertz CT molecular complexity index is 468. The van der Waals surface area contributed by atoms with E-state index in [1.165, 1.54) is 0 Å². The molecule has 1 aliphatic heterocycles. The molecule has 0 aromatic heterocycles. The van der Waals surface area contributed by atoms with Gasteiger partial charge >= 0.3 is 0 Å². The van der Waals surface area contributed by atoms with Crippen LogP contribution in [-0.2, 0) is 4.79 Å². The molecule has 0 fully saturated rings. The van der Waals surface area contributed by atoms with Crippen molar-refractivity contribution in [2.75, 3.05) is 23.3 Å². The van der Waals surface area contributed by atoms with Gasteiger partial charge in [0.25, 0.3) is 0 Å². The molecule has 0 aliphatic carbocycles. The van der Waals surface area contributed by atoms with E-state index >= 15 is 0 Å². The highest BCUT2D eigenvalue weighted by molar-refractivity contribution is 9.10.